The minimum absolute atomic E-state index is 0.525. The Morgan fingerprint density at radius 2 is 2.25 bits per heavy atom. The topological polar surface area (TPSA) is 41.7 Å². The lowest BCUT2D eigenvalue weighted by atomic mass is 10.0. The summed E-state index contributed by atoms with van der Waals surface area (Å²) in [5.41, 5.74) is 8.13. The number of hydrogen-bond donors (Lipinski definition) is 1. The highest BCUT2D eigenvalue weighted by Gasteiger charge is 2.23. The summed E-state index contributed by atoms with van der Waals surface area (Å²) in [6.07, 6.45) is 3.46. The Hall–Kier alpha value is -1.42. The van der Waals surface area contributed by atoms with Crippen molar-refractivity contribution in [3.8, 4) is 5.75 Å². The molecule has 2 N–H and O–H groups in total. The summed E-state index contributed by atoms with van der Waals surface area (Å²) in [5, 5.41) is 0. The van der Waals surface area contributed by atoms with Gasteiger partial charge >= 0.3 is 0 Å². The second-order valence-electron chi connectivity index (χ2n) is 5.71. The van der Waals surface area contributed by atoms with Crippen LogP contribution in [0.5, 0.6) is 5.75 Å². The molecule has 0 saturated carbocycles. The van der Waals surface area contributed by atoms with E-state index in [1.54, 1.807) is 0 Å². The van der Waals surface area contributed by atoms with E-state index in [0.29, 0.717) is 12.6 Å². The summed E-state index contributed by atoms with van der Waals surface area (Å²) in [7, 11) is 4.32. The van der Waals surface area contributed by atoms with E-state index in [1.165, 1.54) is 19.4 Å². The van der Waals surface area contributed by atoms with E-state index in [0.717, 1.165) is 30.1 Å². The van der Waals surface area contributed by atoms with Crippen molar-refractivity contribution in [2.24, 2.45) is 0 Å². The normalized spacial score (nSPS) is 19.9. The van der Waals surface area contributed by atoms with Gasteiger partial charge in [0, 0.05) is 19.6 Å². The van der Waals surface area contributed by atoms with Gasteiger partial charge in [-0.25, -0.2) is 0 Å². The number of likely N-dealkylation sites (N-methyl/N-ethyl adjacent to an activating group) is 2. The fourth-order valence-electron chi connectivity index (χ4n) is 2.83. The Morgan fingerprint density at radius 3 is 2.95 bits per heavy atom. The monoisotopic (exact) mass is 277 g/mol. The molecule has 0 radical (unpaired) electrons. The minimum Gasteiger partial charge on any atom is -0.491 e. The zero-order valence-corrected chi connectivity index (χ0v) is 12.9. The van der Waals surface area contributed by atoms with Crippen LogP contribution in [0.15, 0.2) is 18.2 Å². The van der Waals surface area contributed by atoms with Crippen LogP contribution in [0.1, 0.15) is 26.2 Å². The molecule has 0 amide bonds. The number of nitrogen functional groups attached to an aromatic ring is 1. The summed E-state index contributed by atoms with van der Waals surface area (Å²) < 4.78 is 5.72. The molecule has 0 bridgehead atoms. The van der Waals surface area contributed by atoms with E-state index < -0.39 is 0 Å². The van der Waals surface area contributed by atoms with Crippen molar-refractivity contribution in [1.29, 1.82) is 0 Å². The number of benzene rings is 1. The number of anilines is 2. The molecule has 4 heteroatoms. The van der Waals surface area contributed by atoms with Crippen LogP contribution in [0, 0.1) is 0 Å². The fourth-order valence-corrected chi connectivity index (χ4v) is 2.83. The summed E-state index contributed by atoms with van der Waals surface area (Å²) >= 11 is 0. The number of nitrogens with zero attached hydrogens (tertiary/aromatic N) is 2. The third-order valence-electron chi connectivity index (χ3n) is 4.03. The largest absolute Gasteiger partial charge is 0.491 e. The molecule has 1 heterocycles. The van der Waals surface area contributed by atoms with Crippen molar-refractivity contribution in [3.63, 3.8) is 0 Å². The first-order chi connectivity index (χ1) is 9.63. The van der Waals surface area contributed by atoms with Gasteiger partial charge in [0.1, 0.15) is 5.75 Å². The van der Waals surface area contributed by atoms with Crippen LogP contribution in [0.25, 0.3) is 0 Å². The van der Waals surface area contributed by atoms with Gasteiger partial charge < -0.3 is 20.3 Å². The van der Waals surface area contributed by atoms with Crippen LogP contribution in [-0.2, 0) is 0 Å². The molecule has 1 saturated heterocycles. The number of ether oxygens (including phenoxy) is 1. The molecule has 4 nitrogen and oxygen atoms in total. The van der Waals surface area contributed by atoms with Crippen LogP contribution in [0.3, 0.4) is 0 Å². The third-order valence-corrected chi connectivity index (χ3v) is 4.03. The van der Waals surface area contributed by atoms with Crippen molar-refractivity contribution in [1.82, 2.24) is 4.90 Å². The lowest BCUT2D eigenvalue weighted by Crippen LogP contribution is -2.45. The number of nitrogens with two attached hydrogens (primary N) is 1. The fraction of sp³-hybridized carbons (Fsp3) is 0.625. The van der Waals surface area contributed by atoms with Crippen molar-refractivity contribution in [3.05, 3.63) is 18.2 Å². The highest BCUT2D eigenvalue weighted by Crippen LogP contribution is 2.33. The van der Waals surface area contributed by atoms with Crippen molar-refractivity contribution in [2.45, 2.75) is 32.2 Å². The quantitative estimate of drug-likeness (QED) is 0.840. The highest BCUT2D eigenvalue weighted by atomic mass is 16.5. The maximum atomic E-state index is 6.29. The lowest BCUT2D eigenvalue weighted by Gasteiger charge is -2.37. The Balaban J connectivity index is 2.14. The standard InChI is InChI=1S/C16H27N3O/c1-4-11-20-15-9-5-8-14(16(15)17)19(3)13-7-6-10-18(2)12-13/h5,8-9,13H,4,6-7,10-12,17H2,1-3H3. The van der Waals surface area contributed by atoms with E-state index >= 15 is 0 Å². The van der Waals surface area contributed by atoms with E-state index in [-0.39, 0.29) is 0 Å². The Bertz CT molecular complexity index is 436. The average Bonchev–Trinajstić information content (AvgIpc) is 2.45. The number of likely N-dealkylation sites (tertiary alicyclic amines) is 1. The van der Waals surface area contributed by atoms with Crippen molar-refractivity contribution in [2.75, 3.05) is 44.4 Å². The number of rotatable bonds is 5. The molecular formula is C16H27N3O. The lowest BCUT2D eigenvalue weighted by molar-refractivity contribution is 0.248. The summed E-state index contributed by atoms with van der Waals surface area (Å²) in [6, 6.07) is 6.59. The number of hydrogen-bond acceptors (Lipinski definition) is 4. The van der Waals surface area contributed by atoms with Crippen LogP contribution < -0.4 is 15.4 Å². The van der Waals surface area contributed by atoms with E-state index in [4.69, 9.17) is 10.5 Å². The van der Waals surface area contributed by atoms with Gasteiger partial charge in [-0.2, -0.15) is 0 Å². The van der Waals surface area contributed by atoms with Crippen LogP contribution in [0.2, 0.25) is 0 Å². The molecule has 1 aliphatic heterocycles. The molecule has 1 aromatic rings. The maximum Gasteiger partial charge on any atom is 0.144 e. The smallest absolute Gasteiger partial charge is 0.144 e. The molecule has 0 aromatic heterocycles. The Labute approximate surface area is 122 Å². The first-order valence-electron chi connectivity index (χ1n) is 7.56. The first-order valence-corrected chi connectivity index (χ1v) is 7.56. The summed E-state index contributed by atoms with van der Waals surface area (Å²) in [4.78, 5) is 4.70. The van der Waals surface area contributed by atoms with Crippen molar-refractivity contribution < 1.29 is 4.74 Å². The first kappa shape index (κ1) is 15.0. The van der Waals surface area contributed by atoms with Gasteiger partial charge in [-0.3, -0.25) is 0 Å². The molecule has 20 heavy (non-hydrogen) atoms. The Morgan fingerprint density at radius 1 is 1.45 bits per heavy atom. The SMILES string of the molecule is CCCOc1cccc(N(C)C2CCCN(C)C2)c1N. The molecule has 2 rings (SSSR count). The van der Waals surface area contributed by atoms with E-state index in [9.17, 15) is 0 Å². The highest BCUT2D eigenvalue weighted by molar-refractivity contribution is 5.74. The van der Waals surface area contributed by atoms with Gasteiger partial charge in [0.2, 0.25) is 0 Å². The molecule has 1 fully saturated rings. The molecule has 1 aromatic carbocycles. The van der Waals surface area contributed by atoms with E-state index in [1.807, 2.05) is 12.1 Å². The molecule has 0 aliphatic carbocycles. The Kier molecular flexibility index (Phi) is 5.12. The minimum atomic E-state index is 0.525. The summed E-state index contributed by atoms with van der Waals surface area (Å²) in [5.74, 6) is 0.806. The molecule has 0 spiro atoms. The van der Waals surface area contributed by atoms with Crippen LogP contribution in [0.4, 0.5) is 11.4 Å². The number of para-hydroxylation sites is 1. The predicted molar refractivity (Wildman–Crippen MR) is 85.6 cm³/mol. The van der Waals surface area contributed by atoms with E-state index in [2.05, 4.69) is 36.9 Å². The van der Waals surface area contributed by atoms with Crippen molar-refractivity contribution >= 4 is 11.4 Å². The maximum absolute atomic E-state index is 6.29. The third kappa shape index (κ3) is 3.37. The molecule has 1 unspecified atom stereocenters. The molecule has 112 valence electrons. The van der Waals surface area contributed by atoms with Crippen LogP contribution >= 0.6 is 0 Å². The number of piperidine rings is 1. The molecule has 1 aliphatic rings. The second-order valence-corrected chi connectivity index (χ2v) is 5.71. The van der Waals surface area contributed by atoms with Gasteiger partial charge in [-0.15, -0.1) is 0 Å². The van der Waals surface area contributed by atoms with Crippen LogP contribution in [-0.4, -0.2) is 44.7 Å². The predicted octanol–water partition coefficient (Wildman–Crippen LogP) is 2.59. The second kappa shape index (κ2) is 6.84. The van der Waals surface area contributed by atoms with Gasteiger partial charge in [0.05, 0.1) is 18.0 Å². The van der Waals surface area contributed by atoms with Gasteiger partial charge in [-0.1, -0.05) is 13.0 Å². The summed E-state index contributed by atoms with van der Waals surface area (Å²) in [6.45, 7) is 5.10. The molecule has 1 atom stereocenters. The van der Waals surface area contributed by atoms with Gasteiger partial charge in [-0.05, 0) is 45.0 Å². The van der Waals surface area contributed by atoms with Gasteiger partial charge in [0.25, 0.3) is 0 Å². The zero-order valence-electron chi connectivity index (χ0n) is 12.9. The zero-order chi connectivity index (χ0) is 14.5. The average molecular weight is 277 g/mol. The molecular weight excluding hydrogens is 250 g/mol. The van der Waals surface area contributed by atoms with Gasteiger partial charge in [0.15, 0.2) is 0 Å².